The zero-order valence-electron chi connectivity index (χ0n) is 20.0. The van der Waals surface area contributed by atoms with Gasteiger partial charge in [0.2, 0.25) is 0 Å². The molecule has 1 saturated carbocycles. The third-order valence-electron chi connectivity index (χ3n) is 7.36. The number of rotatable bonds is 9. The molecule has 34 heavy (non-hydrogen) atoms. The van der Waals surface area contributed by atoms with Crippen LogP contribution in [0.15, 0.2) is 67.1 Å². The molecule has 2 aromatic carbocycles. The fourth-order valence-electron chi connectivity index (χ4n) is 5.67. The maximum absolute atomic E-state index is 5.70. The van der Waals surface area contributed by atoms with E-state index in [9.17, 15) is 0 Å². The molecule has 4 nitrogen and oxygen atoms in total. The summed E-state index contributed by atoms with van der Waals surface area (Å²) >= 11 is 0. The maximum atomic E-state index is 5.70. The molecule has 2 heterocycles. The monoisotopic (exact) mass is 476 g/mol. The van der Waals surface area contributed by atoms with E-state index in [1.54, 1.807) is 0 Å². The van der Waals surface area contributed by atoms with Crippen molar-refractivity contribution in [1.29, 1.82) is 0 Å². The summed E-state index contributed by atoms with van der Waals surface area (Å²) in [5.74, 6) is 0.295. The standard InChI is InChI=1S/C29H36N4.ClH/c30-16-8-17-31-18-15-25(27-20-32-19-22-9-4-5-12-24(22)27)28-21-33(23-10-2-1-3-11-23)29-14-7-6-13-26(28)29;/h4-7,9,12-14,19-21,23,25,31H,1-3,8,10-11,15-18,30H2;1H. The summed E-state index contributed by atoms with van der Waals surface area (Å²) in [5, 5.41) is 7.54. The van der Waals surface area contributed by atoms with Crippen LogP contribution < -0.4 is 11.1 Å². The smallest absolute Gasteiger partial charge is 0.0485 e. The van der Waals surface area contributed by atoms with Gasteiger partial charge in [-0.3, -0.25) is 4.98 Å². The van der Waals surface area contributed by atoms with Crippen LogP contribution in [0.3, 0.4) is 0 Å². The van der Waals surface area contributed by atoms with Gasteiger partial charge in [-0.25, -0.2) is 0 Å². The van der Waals surface area contributed by atoms with Crippen LogP contribution in [0.5, 0.6) is 0 Å². The maximum Gasteiger partial charge on any atom is 0.0485 e. The molecule has 1 atom stereocenters. The Hall–Kier alpha value is -2.40. The molecular weight excluding hydrogens is 440 g/mol. The van der Waals surface area contributed by atoms with Gasteiger partial charge in [0.25, 0.3) is 0 Å². The molecule has 3 N–H and O–H groups in total. The van der Waals surface area contributed by atoms with E-state index in [-0.39, 0.29) is 12.4 Å². The molecule has 5 rings (SSSR count). The highest BCUT2D eigenvalue weighted by molar-refractivity contribution is 5.89. The zero-order valence-corrected chi connectivity index (χ0v) is 20.8. The van der Waals surface area contributed by atoms with E-state index in [0.717, 1.165) is 32.5 Å². The molecule has 0 bridgehead atoms. The van der Waals surface area contributed by atoms with Crippen LogP contribution in [0.1, 0.15) is 68.0 Å². The molecular formula is C29H37ClN4. The molecule has 4 aromatic rings. The lowest BCUT2D eigenvalue weighted by molar-refractivity contribution is 0.360. The Morgan fingerprint density at radius 1 is 0.912 bits per heavy atom. The first-order valence-electron chi connectivity index (χ1n) is 12.7. The first-order chi connectivity index (χ1) is 16.4. The average molecular weight is 477 g/mol. The second-order valence-corrected chi connectivity index (χ2v) is 9.48. The fraction of sp³-hybridized carbons (Fsp3) is 0.414. The number of para-hydroxylation sites is 1. The molecule has 1 fully saturated rings. The largest absolute Gasteiger partial charge is 0.344 e. The van der Waals surface area contributed by atoms with Crippen LogP contribution in [0.25, 0.3) is 21.7 Å². The molecule has 0 aliphatic heterocycles. The molecule has 0 amide bonds. The number of fused-ring (bicyclic) bond motifs is 2. The van der Waals surface area contributed by atoms with Gasteiger partial charge in [-0.1, -0.05) is 61.7 Å². The van der Waals surface area contributed by atoms with Crippen molar-refractivity contribution in [2.45, 2.75) is 56.9 Å². The quantitative estimate of drug-likeness (QED) is 0.268. The van der Waals surface area contributed by atoms with Crippen LogP contribution in [0.4, 0.5) is 0 Å². The summed E-state index contributed by atoms with van der Waals surface area (Å²) in [7, 11) is 0. The predicted octanol–water partition coefficient (Wildman–Crippen LogP) is 6.58. The highest BCUT2D eigenvalue weighted by atomic mass is 35.5. The Morgan fingerprint density at radius 3 is 2.50 bits per heavy atom. The van der Waals surface area contributed by atoms with Crippen molar-refractivity contribution in [2.24, 2.45) is 5.73 Å². The number of hydrogen-bond donors (Lipinski definition) is 2. The van der Waals surface area contributed by atoms with Gasteiger partial charge in [-0.2, -0.15) is 0 Å². The molecule has 5 heteroatoms. The lowest BCUT2D eigenvalue weighted by atomic mass is 9.86. The number of benzene rings is 2. The SMILES string of the molecule is Cl.NCCCNCCC(c1cncc2ccccc12)c1cn(C2CCCCC2)c2ccccc12. The van der Waals surface area contributed by atoms with Crippen molar-refractivity contribution < 1.29 is 0 Å². The molecule has 0 spiro atoms. The lowest BCUT2D eigenvalue weighted by Gasteiger charge is -2.24. The van der Waals surface area contributed by atoms with Gasteiger partial charge in [-0.05, 0) is 67.9 Å². The minimum atomic E-state index is 0. The van der Waals surface area contributed by atoms with Crippen LogP contribution >= 0.6 is 12.4 Å². The van der Waals surface area contributed by atoms with Gasteiger partial charge in [0, 0.05) is 46.8 Å². The normalized spacial score (nSPS) is 15.4. The van der Waals surface area contributed by atoms with Crippen LogP contribution in [-0.4, -0.2) is 29.2 Å². The third-order valence-corrected chi connectivity index (χ3v) is 7.36. The van der Waals surface area contributed by atoms with Crippen molar-refractivity contribution in [2.75, 3.05) is 19.6 Å². The number of hydrogen-bond acceptors (Lipinski definition) is 3. The molecule has 180 valence electrons. The molecule has 0 radical (unpaired) electrons. The van der Waals surface area contributed by atoms with Crippen molar-refractivity contribution in [3.05, 3.63) is 78.2 Å². The first kappa shape index (κ1) is 24.7. The summed E-state index contributed by atoms with van der Waals surface area (Å²) in [6.07, 6.45) is 15.3. The van der Waals surface area contributed by atoms with Crippen LogP contribution in [-0.2, 0) is 0 Å². The molecule has 2 aromatic heterocycles. The first-order valence-corrected chi connectivity index (χ1v) is 12.7. The Morgan fingerprint density at radius 2 is 1.68 bits per heavy atom. The van der Waals surface area contributed by atoms with E-state index in [2.05, 4.69) is 75.8 Å². The Bertz CT molecular complexity index is 1190. The van der Waals surface area contributed by atoms with Gasteiger partial charge in [0.05, 0.1) is 0 Å². The van der Waals surface area contributed by atoms with Gasteiger partial charge in [0.1, 0.15) is 0 Å². The number of nitrogens with two attached hydrogens (primary N) is 1. The van der Waals surface area contributed by atoms with Crippen molar-refractivity contribution >= 4 is 34.1 Å². The van der Waals surface area contributed by atoms with Crippen LogP contribution in [0.2, 0.25) is 0 Å². The van der Waals surface area contributed by atoms with E-state index in [1.165, 1.54) is 64.9 Å². The van der Waals surface area contributed by atoms with Crippen LogP contribution in [0, 0.1) is 0 Å². The number of nitrogens with zero attached hydrogens (tertiary/aromatic N) is 2. The second kappa shape index (κ2) is 11.8. The average Bonchev–Trinajstić information content (AvgIpc) is 3.26. The summed E-state index contributed by atoms with van der Waals surface area (Å²) in [6, 6.07) is 18.3. The van der Waals surface area contributed by atoms with E-state index < -0.39 is 0 Å². The topological polar surface area (TPSA) is 55.9 Å². The number of nitrogens with one attached hydrogen (secondary N) is 1. The summed E-state index contributed by atoms with van der Waals surface area (Å²) in [4.78, 5) is 4.65. The Kier molecular flexibility index (Phi) is 8.60. The van der Waals surface area contributed by atoms with E-state index >= 15 is 0 Å². The second-order valence-electron chi connectivity index (χ2n) is 9.48. The highest BCUT2D eigenvalue weighted by Gasteiger charge is 2.24. The number of pyridine rings is 1. The minimum Gasteiger partial charge on any atom is -0.344 e. The van der Waals surface area contributed by atoms with Crippen molar-refractivity contribution in [3.8, 4) is 0 Å². The third kappa shape index (κ3) is 5.14. The predicted molar refractivity (Wildman–Crippen MR) is 146 cm³/mol. The van der Waals surface area contributed by atoms with Gasteiger partial charge >= 0.3 is 0 Å². The summed E-state index contributed by atoms with van der Waals surface area (Å²) in [5.41, 5.74) is 9.86. The molecule has 1 aliphatic carbocycles. The van der Waals surface area contributed by atoms with Gasteiger partial charge < -0.3 is 15.6 Å². The van der Waals surface area contributed by atoms with Gasteiger partial charge in [0.15, 0.2) is 0 Å². The molecule has 0 saturated heterocycles. The van der Waals surface area contributed by atoms with Crippen molar-refractivity contribution in [3.63, 3.8) is 0 Å². The summed E-state index contributed by atoms with van der Waals surface area (Å²) in [6.45, 7) is 2.68. The van der Waals surface area contributed by atoms with E-state index in [4.69, 9.17) is 5.73 Å². The zero-order chi connectivity index (χ0) is 22.5. The minimum absolute atomic E-state index is 0. The van der Waals surface area contributed by atoms with E-state index in [0.29, 0.717) is 12.0 Å². The van der Waals surface area contributed by atoms with Gasteiger partial charge in [-0.15, -0.1) is 12.4 Å². The highest BCUT2D eigenvalue weighted by Crippen LogP contribution is 2.40. The Balaban J connectivity index is 0.00000274. The van der Waals surface area contributed by atoms with E-state index in [1.807, 2.05) is 6.20 Å². The van der Waals surface area contributed by atoms with Crippen molar-refractivity contribution in [1.82, 2.24) is 14.9 Å². The summed E-state index contributed by atoms with van der Waals surface area (Å²) < 4.78 is 2.59. The lowest BCUT2D eigenvalue weighted by Crippen LogP contribution is -2.21. The number of halogens is 1. The Labute approximate surface area is 209 Å². The molecule has 1 aliphatic rings. The fourth-order valence-corrected chi connectivity index (χ4v) is 5.67. The molecule has 1 unspecified atom stereocenters. The number of aromatic nitrogens is 2.